The van der Waals surface area contributed by atoms with Gasteiger partial charge >= 0.3 is 5.97 Å². The molecule has 0 bridgehead atoms. The Morgan fingerprint density at radius 2 is 1.65 bits per heavy atom. The normalized spacial score (nSPS) is 15.9. The number of fused-ring (bicyclic) bond motifs is 1. The maximum atomic E-state index is 12.4. The highest BCUT2D eigenvalue weighted by atomic mass is 32.2. The molecular formula is C25H30N4O4S. The largest absolute Gasteiger partial charge is 0.480 e. The molecule has 180 valence electrons. The minimum Gasteiger partial charge on any atom is -0.480 e. The van der Waals surface area contributed by atoms with E-state index in [0.29, 0.717) is 26.2 Å². The predicted molar refractivity (Wildman–Crippen MR) is 135 cm³/mol. The summed E-state index contributed by atoms with van der Waals surface area (Å²) in [4.78, 5) is 15.3. The Morgan fingerprint density at radius 1 is 1.00 bits per heavy atom. The third-order valence-electron chi connectivity index (χ3n) is 6.16. The van der Waals surface area contributed by atoms with E-state index in [1.165, 1.54) is 27.6 Å². The molecule has 1 saturated heterocycles. The number of nitrogens with zero attached hydrogens (tertiary/aromatic N) is 3. The van der Waals surface area contributed by atoms with Crippen molar-refractivity contribution in [2.45, 2.75) is 19.5 Å². The van der Waals surface area contributed by atoms with Gasteiger partial charge in [0.1, 0.15) is 6.04 Å². The van der Waals surface area contributed by atoms with Crippen LogP contribution in [0.3, 0.4) is 0 Å². The van der Waals surface area contributed by atoms with Gasteiger partial charge in [-0.3, -0.25) is 4.79 Å². The molecule has 0 saturated carbocycles. The van der Waals surface area contributed by atoms with Crippen molar-refractivity contribution in [3.63, 3.8) is 0 Å². The highest BCUT2D eigenvalue weighted by Gasteiger charge is 2.29. The molecule has 0 amide bonds. The fourth-order valence-corrected chi connectivity index (χ4v) is 5.50. The molecule has 3 aromatic rings. The molecule has 4 rings (SSSR count). The van der Waals surface area contributed by atoms with E-state index in [9.17, 15) is 13.2 Å². The minimum absolute atomic E-state index is 0.297. The van der Waals surface area contributed by atoms with Gasteiger partial charge in [0.05, 0.1) is 0 Å². The van der Waals surface area contributed by atoms with Crippen LogP contribution >= 0.6 is 0 Å². The lowest BCUT2D eigenvalue weighted by Crippen LogP contribution is -2.54. The maximum Gasteiger partial charge on any atom is 0.321 e. The molecule has 9 heteroatoms. The van der Waals surface area contributed by atoms with Crippen molar-refractivity contribution in [1.82, 2.24) is 9.03 Å². The molecule has 1 aliphatic rings. The first-order chi connectivity index (χ1) is 16.2. The summed E-state index contributed by atoms with van der Waals surface area (Å²) in [6, 6.07) is 22.0. The van der Waals surface area contributed by atoms with Crippen molar-refractivity contribution >= 4 is 38.3 Å². The summed E-state index contributed by atoms with van der Waals surface area (Å²) in [7, 11) is -1.76. The first-order valence-corrected chi connectivity index (χ1v) is 12.7. The van der Waals surface area contributed by atoms with Crippen LogP contribution < -0.4 is 14.5 Å². The maximum absolute atomic E-state index is 12.4. The van der Waals surface area contributed by atoms with E-state index in [2.05, 4.69) is 82.2 Å². The fourth-order valence-electron chi connectivity index (χ4n) is 4.16. The molecule has 0 aromatic heterocycles. The molecule has 0 radical (unpaired) electrons. The smallest absolute Gasteiger partial charge is 0.321 e. The molecular weight excluding hydrogens is 452 g/mol. The Labute approximate surface area is 200 Å². The second kappa shape index (κ2) is 10.0. The van der Waals surface area contributed by atoms with Gasteiger partial charge in [0.2, 0.25) is 0 Å². The van der Waals surface area contributed by atoms with Gasteiger partial charge in [0.25, 0.3) is 10.2 Å². The van der Waals surface area contributed by atoms with Crippen LogP contribution in [0.25, 0.3) is 10.8 Å². The molecule has 1 atom stereocenters. The SMILES string of the molecule is C[C@@H](NS(=O)(=O)N1CCN(c2ccc(N(C)Cc3ccc4ccccc4c3)cc2)CC1)C(=O)O. The Kier molecular flexibility index (Phi) is 7.06. The van der Waals surface area contributed by atoms with Crippen LogP contribution in [0, 0.1) is 0 Å². The first-order valence-electron chi connectivity index (χ1n) is 11.3. The van der Waals surface area contributed by atoms with Gasteiger partial charge < -0.3 is 14.9 Å². The zero-order valence-electron chi connectivity index (χ0n) is 19.4. The molecule has 0 spiro atoms. The van der Waals surface area contributed by atoms with Gasteiger partial charge in [-0.2, -0.15) is 17.4 Å². The summed E-state index contributed by atoms with van der Waals surface area (Å²) in [6.07, 6.45) is 0. The van der Waals surface area contributed by atoms with Crippen LogP contribution in [-0.2, 0) is 21.5 Å². The molecule has 34 heavy (non-hydrogen) atoms. The number of benzene rings is 3. The monoisotopic (exact) mass is 482 g/mol. The zero-order chi connectivity index (χ0) is 24.3. The molecule has 1 heterocycles. The molecule has 2 N–H and O–H groups in total. The standard InChI is InChI=1S/C25H30N4O4S/c1-19(25(30)31)26-34(32,33)29-15-13-28(14-16-29)24-11-9-23(10-12-24)27(2)18-20-7-8-21-5-3-4-6-22(21)17-20/h3-12,17,19,26H,13-16,18H2,1-2H3,(H,30,31)/t19-/m1/s1. The highest BCUT2D eigenvalue weighted by Crippen LogP contribution is 2.24. The van der Waals surface area contributed by atoms with E-state index >= 15 is 0 Å². The summed E-state index contributed by atoms with van der Waals surface area (Å²) < 4.78 is 28.3. The van der Waals surface area contributed by atoms with Crippen LogP contribution in [0.4, 0.5) is 11.4 Å². The Morgan fingerprint density at radius 3 is 2.29 bits per heavy atom. The number of carboxylic acid groups (broad SMARTS) is 1. The number of hydrogen-bond acceptors (Lipinski definition) is 5. The Bertz CT molecular complexity index is 1260. The third kappa shape index (κ3) is 5.49. The average Bonchev–Trinajstić information content (AvgIpc) is 2.84. The molecule has 1 fully saturated rings. The Balaban J connectivity index is 1.35. The lowest BCUT2D eigenvalue weighted by Gasteiger charge is -2.35. The average molecular weight is 483 g/mol. The van der Waals surface area contributed by atoms with Gasteiger partial charge in [0.15, 0.2) is 0 Å². The van der Waals surface area contributed by atoms with Crippen molar-refractivity contribution in [3.8, 4) is 0 Å². The predicted octanol–water partition coefficient (Wildman–Crippen LogP) is 2.91. The van der Waals surface area contributed by atoms with Crippen molar-refractivity contribution < 1.29 is 18.3 Å². The first kappa shape index (κ1) is 24.0. The van der Waals surface area contributed by atoms with E-state index in [1.807, 2.05) is 6.07 Å². The fraction of sp³-hybridized carbons (Fsp3) is 0.320. The van der Waals surface area contributed by atoms with Crippen LogP contribution in [0.15, 0.2) is 66.7 Å². The van der Waals surface area contributed by atoms with Crippen LogP contribution in [0.5, 0.6) is 0 Å². The number of nitrogens with one attached hydrogen (secondary N) is 1. The van der Waals surface area contributed by atoms with Gasteiger partial charge in [-0.25, -0.2) is 0 Å². The van der Waals surface area contributed by atoms with Crippen LogP contribution in [-0.4, -0.2) is 63.1 Å². The van der Waals surface area contributed by atoms with E-state index < -0.39 is 22.2 Å². The minimum atomic E-state index is -3.83. The van der Waals surface area contributed by atoms with E-state index in [1.54, 1.807) is 0 Å². The highest BCUT2D eigenvalue weighted by molar-refractivity contribution is 7.87. The molecule has 3 aromatic carbocycles. The summed E-state index contributed by atoms with van der Waals surface area (Å²) in [5.74, 6) is -1.20. The lowest BCUT2D eigenvalue weighted by molar-refractivity contribution is -0.138. The van der Waals surface area contributed by atoms with Crippen molar-refractivity contribution in [2.75, 3.05) is 43.0 Å². The Hall–Kier alpha value is -3.14. The van der Waals surface area contributed by atoms with Crippen molar-refractivity contribution in [2.24, 2.45) is 0 Å². The number of carboxylic acids is 1. The number of aliphatic carboxylic acids is 1. The van der Waals surface area contributed by atoms with Gasteiger partial charge in [0, 0.05) is 51.1 Å². The summed E-state index contributed by atoms with van der Waals surface area (Å²) in [6.45, 7) is 3.77. The second-order valence-corrected chi connectivity index (χ2v) is 10.3. The van der Waals surface area contributed by atoms with Crippen molar-refractivity contribution in [3.05, 3.63) is 72.3 Å². The number of piperazine rings is 1. The summed E-state index contributed by atoms with van der Waals surface area (Å²) in [5, 5.41) is 11.4. The quantitative estimate of drug-likeness (QED) is 0.513. The van der Waals surface area contributed by atoms with E-state index in [4.69, 9.17) is 5.11 Å². The van der Waals surface area contributed by atoms with Crippen LogP contribution in [0.2, 0.25) is 0 Å². The van der Waals surface area contributed by atoms with Crippen molar-refractivity contribution in [1.29, 1.82) is 0 Å². The summed E-state index contributed by atoms with van der Waals surface area (Å²) >= 11 is 0. The van der Waals surface area contributed by atoms with E-state index in [0.717, 1.165) is 17.9 Å². The second-order valence-electron chi connectivity index (χ2n) is 8.62. The molecule has 0 unspecified atom stereocenters. The topological polar surface area (TPSA) is 93.2 Å². The number of anilines is 2. The summed E-state index contributed by atoms with van der Waals surface area (Å²) in [5.41, 5.74) is 3.38. The van der Waals surface area contributed by atoms with Crippen LogP contribution in [0.1, 0.15) is 12.5 Å². The lowest BCUT2D eigenvalue weighted by atomic mass is 10.1. The van der Waals surface area contributed by atoms with Gasteiger partial charge in [-0.05, 0) is 53.6 Å². The molecule has 1 aliphatic heterocycles. The number of carbonyl (C=O) groups is 1. The molecule has 0 aliphatic carbocycles. The number of rotatable bonds is 8. The molecule has 8 nitrogen and oxygen atoms in total. The number of hydrogen-bond donors (Lipinski definition) is 2. The zero-order valence-corrected chi connectivity index (χ0v) is 20.2. The van der Waals surface area contributed by atoms with Gasteiger partial charge in [-0.15, -0.1) is 0 Å². The van der Waals surface area contributed by atoms with E-state index in [-0.39, 0.29) is 0 Å². The van der Waals surface area contributed by atoms with Gasteiger partial charge in [-0.1, -0.05) is 36.4 Å². The third-order valence-corrected chi connectivity index (χ3v) is 7.86.